The molecule has 5 nitrogen and oxygen atoms in total. The predicted octanol–water partition coefficient (Wildman–Crippen LogP) is 1.59. The number of amides is 1. The highest BCUT2D eigenvalue weighted by atomic mass is 32.2. The topological polar surface area (TPSA) is 73.3 Å². The minimum atomic E-state index is -1.27. The van der Waals surface area contributed by atoms with E-state index in [2.05, 4.69) is 4.98 Å². The summed E-state index contributed by atoms with van der Waals surface area (Å²) in [4.78, 5) is 29.4. The van der Waals surface area contributed by atoms with Gasteiger partial charge in [-0.3, -0.25) is 14.7 Å². The summed E-state index contributed by atoms with van der Waals surface area (Å²) in [6, 6.07) is 2.57. The van der Waals surface area contributed by atoms with Crippen LogP contribution in [0.15, 0.2) is 29.4 Å². The van der Waals surface area contributed by atoms with Gasteiger partial charge >= 0.3 is 0 Å². The Balaban J connectivity index is 2.24. The monoisotopic (exact) mass is 335 g/mol. The second kappa shape index (κ2) is 7.51. The Morgan fingerprint density at radius 1 is 1.59 bits per heavy atom. The van der Waals surface area contributed by atoms with Crippen molar-refractivity contribution in [3.05, 3.63) is 35.0 Å². The van der Waals surface area contributed by atoms with Crippen molar-refractivity contribution in [2.75, 3.05) is 0 Å². The van der Waals surface area contributed by atoms with Gasteiger partial charge in [0.1, 0.15) is 4.32 Å². The number of carboxylic acid groups (broad SMARTS) is 1. The quantitative estimate of drug-likeness (QED) is 0.581. The van der Waals surface area contributed by atoms with Gasteiger partial charge in [-0.05, 0) is 24.1 Å². The minimum absolute atomic E-state index is 0.255. The lowest BCUT2D eigenvalue weighted by molar-refractivity contribution is -0.310. The molecule has 0 saturated carbocycles. The lowest BCUT2D eigenvalue weighted by atomic mass is 10.1. The average molecular weight is 335 g/mol. The normalized spacial score (nSPS) is 18.0. The molecule has 2 rings (SSSR count). The Morgan fingerprint density at radius 3 is 2.95 bits per heavy atom. The number of thioether (sulfide) groups is 1. The van der Waals surface area contributed by atoms with E-state index in [9.17, 15) is 14.7 Å². The van der Waals surface area contributed by atoms with Crippen LogP contribution < -0.4 is 5.11 Å². The molecule has 0 N–H and O–H groups in total. The highest BCUT2D eigenvalue weighted by molar-refractivity contribution is 8.26. The van der Waals surface area contributed by atoms with Crippen LogP contribution in [0.3, 0.4) is 0 Å². The van der Waals surface area contributed by atoms with Crippen molar-refractivity contribution in [3.63, 3.8) is 0 Å². The van der Waals surface area contributed by atoms with Crippen LogP contribution in [0.4, 0.5) is 0 Å². The van der Waals surface area contributed by atoms with Gasteiger partial charge in [0.15, 0.2) is 0 Å². The first-order valence-electron chi connectivity index (χ1n) is 6.92. The number of carboxylic acids is 1. The van der Waals surface area contributed by atoms with E-state index < -0.39 is 12.0 Å². The van der Waals surface area contributed by atoms with Gasteiger partial charge in [0.05, 0.1) is 16.9 Å². The summed E-state index contributed by atoms with van der Waals surface area (Å²) in [6.07, 6.45) is 6.80. The fraction of sp³-hybridized carbons (Fsp3) is 0.333. The third-order valence-corrected chi connectivity index (χ3v) is 4.55. The van der Waals surface area contributed by atoms with Crippen LogP contribution in [0.1, 0.15) is 31.7 Å². The molecule has 7 heteroatoms. The summed E-state index contributed by atoms with van der Waals surface area (Å²) in [5, 5.41) is 11.3. The SMILES string of the molecule is CCCC[C@@H](C(=O)[O-])N1C(=O)/C(=C/c2cccnc2)SC1=S. The number of carbonyl (C=O) groups is 2. The summed E-state index contributed by atoms with van der Waals surface area (Å²) < 4.78 is 0.255. The molecule has 0 spiro atoms. The molecule has 0 bridgehead atoms. The maximum atomic E-state index is 12.5. The van der Waals surface area contributed by atoms with Crippen molar-refractivity contribution in [2.45, 2.75) is 32.2 Å². The number of hydrogen-bond donors (Lipinski definition) is 0. The average Bonchev–Trinajstić information content (AvgIpc) is 2.76. The van der Waals surface area contributed by atoms with Gasteiger partial charge in [-0.1, -0.05) is 49.8 Å². The van der Waals surface area contributed by atoms with E-state index in [1.165, 1.54) is 0 Å². The number of hydrogen-bond acceptors (Lipinski definition) is 6. The summed E-state index contributed by atoms with van der Waals surface area (Å²) in [6.45, 7) is 1.96. The molecule has 1 aliphatic rings. The smallest absolute Gasteiger partial charge is 0.266 e. The van der Waals surface area contributed by atoms with Crippen LogP contribution in [0, 0.1) is 0 Å². The highest BCUT2D eigenvalue weighted by Crippen LogP contribution is 2.34. The molecule has 1 aromatic rings. The van der Waals surface area contributed by atoms with Gasteiger partial charge in [-0.15, -0.1) is 0 Å². The first kappa shape index (κ1) is 16.6. The molecular weight excluding hydrogens is 320 g/mol. The maximum absolute atomic E-state index is 12.5. The van der Waals surface area contributed by atoms with Gasteiger partial charge in [-0.2, -0.15) is 0 Å². The van der Waals surface area contributed by atoms with Crippen LogP contribution in [-0.2, 0) is 9.59 Å². The van der Waals surface area contributed by atoms with Crippen LogP contribution in [-0.4, -0.2) is 32.1 Å². The summed E-state index contributed by atoms with van der Waals surface area (Å²) >= 11 is 6.28. The van der Waals surface area contributed by atoms with Crippen molar-refractivity contribution >= 4 is 46.3 Å². The molecule has 0 unspecified atom stereocenters. The van der Waals surface area contributed by atoms with E-state index in [4.69, 9.17) is 12.2 Å². The number of thiocarbonyl (C=S) groups is 1. The highest BCUT2D eigenvalue weighted by Gasteiger charge is 2.37. The Kier molecular flexibility index (Phi) is 5.68. The summed E-state index contributed by atoms with van der Waals surface area (Å²) in [5.74, 6) is -1.66. The van der Waals surface area contributed by atoms with Gasteiger partial charge < -0.3 is 9.90 Å². The molecule has 1 saturated heterocycles. The third kappa shape index (κ3) is 3.72. The molecule has 116 valence electrons. The molecule has 22 heavy (non-hydrogen) atoms. The molecular formula is C15H15N2O3S2-. The van der Waals surface area contributed by atoms with Crippen molar-refractivity contribution in [3.8, 4) is 0 Å². The number of rotatable bonds is 6. The molecule has 1 fully saturated rings. The molecule has 0 radical (unpaired) electrons. The van der Waals surface area contributed by atoms with E-state index in [1.54, 1.807) is 24.5 Å². The Morgan fingerprint density at radius 2 is 2.36 bits per heavy atom. The summed E-state index contributed by atoms with van der Waals surface area (Å²) in [7, 11) is 0. The fourth-order valence-electron chi connectivity index (χ4n) is 2.11. The van der Waals surface area contributed by atoms with Crippen molar-refractivity contribution in [2.24, 2.45) is 0 Å². The molecule has 1 aromatic heterocycles. The molecule has 1 atom stereocenters. The standard InChI is InChI=1S/C15H16N2O3S2/c1-2-3-6-11(14(19)20)17-13(18)12(22-15(17)21)8-10-5-4-7-16-9-10/h4-5,7-9,11H,2-3,6H2,1H3,(H,19,20)/p-1/b12-8-/t11-/m0/s1. The van der Waals surface area contributed by atoms with Crippen molar-refractivity contribution < 1.29 is 14.7 Å². The second-order valence-corrected chi connectivity index (χ2v) is 6.49. The van der Waals surface area contributed by atoms with E-state index in [1.807, 2.05) is 13.0 Å². The molecule has 2 heterocycles. The summed E-state index contributed by atoms with van der Waals surface area (Å²) in [5.41, 5.74) is 0.765. The first-order chi connectivity index (χ1) is 10.5. The zero-order chi connectivity index (χ0) is 16.1. The van der Waals surface area contributed by atoms with Crippen LogP contribution in [0.5, 0.6) is 0 Å². The Hall–Kier alpha value is -1.73. The molecule has 0 aromatic carbocycles. The number of aliphatic carboxylic acids is 1. The van der Waals surface area contributed by atoms with Gasteiger partial charge in [0.2, 0.25) is 0 Å². The molecule has 1 aliphatic heterocycles. The first-order valence-corrected chi connectivity index (χ1v) is 8.15. The third-order valence-electron chi connectivity index (χ3n) is 3.22. The lowest BCUT2D eigenvalue weighted by Crippen LogP contribution is -2.49. The Labute approximate surface area is 138 Å². The van der Waals surface area contributed by atoms with Crippen LogP contribution >= 0.6 is 24.0 Å². The number of pyridine rings is 1. The fourth-order valence-corrected chi connectivity index (χ4v) is 3.47. The van der Waals surface area contributed by atoms with Crippen molar-refractivity contribution in [1.82, 2.24) is 9.88 Å². The zero-order valence-electron chi connectivity index (χ0n) is 12.0. The minimum Gasteiger partial charge on any atom is -0.548 e. The molecule has 1 amide bonds. The largest absolute Gasteiger partial charge is 0.548 e. The van der Waals surface area contributed by atoms with Crippen LogP contribution in [0.25, 0.3) is 6.08 Å². The van der Waals surface area contributed by atoms with E-state index >= 15 is 0 Å². The number of carbonyl (C=O) groups excluding carboxylic acids is 2. The van der Waals surface area contributed by atoms with E-state index in [0.29, 0.717) is 17.7 Å². The lowest BCUT2D eigenvalue weighted by Gasteiger charge is -2.27. The molecule has 0 aliphatic carbocycles. The van der Waals surface area contributed by atoms with Crippen LogP contribution in [0.2, 0.25) is 0 Å². The number of nitrogens with zero attached hydrogens (tertiary/aromatic N) is 2. The second-order valence-electron chi connectivity index (χ2n) is 4.82. The maximum Gasteiger partial charge on any atom is 0.266 e. The van der Waals surface area contributed by atoms with E-state index in [-0.39, 0.29) is 10.2 Å². The van der Waals surface area contributed by atoms with Gasteiger partial charge in [0, 0.05) is 12.4 Å². The zero-order valence-corrected chi connectivity index (χ0v) is 13.7. The van der Waals surface area contributed by atoms with Gasteiger partial charge in [-0.25, -0.2) is 0 Å². The Bertz CT molecular complexity index is 616. The van der Waals surface area contributed by atoms with Gasteiger partial charge in [0.25, 0.3) is 5.91 Å². The number of unbranched alkanes of at least 4 members (excludes halogenated alkanes) is 1. The van der Waals surface area contributed by atoms with Crippen molar-refractivity contribution in [1.29, 1.82) is 0 Å². The predicted molar refractivity (Wildman–Crippen MR) is 87.6 cm³/mol. The number of aromatic nitrogens is 1. The van der Waals surface area contributed by atoms with E-state index in [0.717, 1.165) is 28.6 Å².